The van der Waals surface area contributed by atoms with E-state index in [2.05, 4.69) is 27.4 Å². The fourth-order valence-electron chi connectivity index (χ4n) is 5.55. The Morgan fingerprint density at radius 2 is 1.86 bits per heavy atom. The molecular weight excluding hydrogens is 272 g/mol. The predicted molar refractivity (Wildman–Crippen MR) is 90.4 cm³/mol. The summed E-state index contributed by atoms with van der Waals surface area (Å²) < 4.78 is 0. The van der Waals surface area contributed by atoms with Gasteiger partial charge in [-0.1, -0.05) is 38.0 Å². The molecule has 2 bridgehead atoms. The van der Waals surface area contributed by atoms with Crippen molar-refractivity contribution in [2.75, 3.05) is 0 Å². The predicted octanol–water partition coefficient (Wildman–Crippen LogP) is 4.23. The van der Waals surface area contributed by atoms with E-state index in [0.717, 1.165) is 37.7 Å². The Morgan fingerprint density at radius 3 is 2.59 bits per heavy atom. The van der Waals surface area contributed by atoms with Gasteiger partial charge in [-0.3, -0.25) is 0 Å². The van der Waals surface area contributed by atoms with E-state index in [9.17, 15) is 10.2 Å². The minimum absolute atomic E-state index is 0.180. The maximum atomic E-state index is 10.8. The molecule has 0 aromatic carbocycles. The second-order valence-electron chi connectivity index (χ2n) is 8.42. The summed E-state index contributed by atoms with van der Waals surface area (Å²) in [6.45, 7) is 11.1. The monoisotopic (exact) mass is 304 g/mol. The summed E-state index contributed by atoms with van der Waals surface area (Å²) in [5.74, 6) is 1.56. The van der Waals surface area contributed by atoms with Crippen LogP contribution in [0.2, 0.25) is 0 Å². The molecule has 124 valence electrons. The average molecular weight is 304 g/mol. The molecule has 0 aromatic rings. The summed E-state index contributed by atoms with van der Waals surface area (Å²) in [6, 6.07) is 0. The smallest absolute Gasteiger partial charge is 0.102 e. The van der Waals surface area contributed by atoms with Crippen LogP contribution in [0, 0.1) is 23.2 Å². The standard InChI is InChI=1S/C20H32O2/c1-12-6-5-7-13(2)15-10-11-20(4)17(15)14(3)16(9-8-12)18(21)19(20)22/h12,15,17-19,21-22H,2,5-11H2,1,3-4H3/t12-,15-,17+,18+,19-,20-/m0/s1. The van der Waals surface area contributed by atoms with Gasteiger partial charge in [0.15, 0.2) is 0 Å². The third-order valence-electron chi connectivity index (χ3n) is 7.04. The average Bonchev–Trinajstić information content (AvgIpc) is 2.83. The number of allylic oxidation sites excluding steroid dienone is 2. The first-order valence-corrected chi connectivity index (χ1v) is 9.09. The summed E-state index contributed by atoms with van der Waals surface area (Å²) in [4.78, 5) is 0. The van der Waals surface area contributed by atoms with Crippen LogP contribution in [-0.2, 0) is 0 Å². The highest BCUT2D eigenvalue weighted by Gasteiger charge is 2.56. The molecule has 3 aliphatic carbocycles. The van der Waals surface area contributed by atoms with Gasteiger partial charge in [0, 0.05) is 5.41 Å². The second kappa shape index (κ2) is 5.79. The fraction of sp³-hybridized carbons (Fsp3) is 0.800. The number of hydrogen-bond acceptors (Lipinski definition) is 2. The van der Waals surface area contributed by atoms with Gasteiger partial charge in [0.25, 0.3) is 0 Å². The van der Waals surface area contributed by atoms with E-state index < -0.39 is 12.2 Å². The van der Waals surface area contributed by atoms with Crippen LogP contribution in [0.15, 0.2) is 23.3 Å². The van der Waals surface area contributed by atoms with Crippen LogP contribution in [0.3, 0.4) is 0 Å². The Balaban J connectivity index is 2.05. The lowest BCUT2D eigenvalue weighted by Crippen LogP contribution is -2.50. The second-order valence-corrected chi connectivity index (χ2v) is 8.42. The molecule has 0 aromatic heterocycles. The number of hydrogen-bond donors (Lipinski definition) is 2. The number of aliphatic hydroxyl groups excluding tert-OH is 2. The number of aliphatic hydroxyl groups is 2. The van der Waals surface area contributed by atoms with Crippen molar-refractivity contribution in [3.05, 3.63) is 23.3 Å². The SMILES string of the molecule is C=C1CCC[C@H](C)CCC2=C(C)[C@@H]3[C@H]1CC[C@]3(C)[C@@H](O)[C@@H]2O. The van der Waals surface area contributed by atoms with Crippen LogP contribution in [0.5, 0.6) is 0 Å². The van der Waals surface area contributed by atoms with Crippen molar-refractivity contribution in [3.8, 4) is 0 Å². The lowest BCUT2D eigenvalue weighted by molar-refractivity contribution is -0.0700. The normalized spacial score (nSPS) is 46.6. The zero-order chi connectivity index (χ0) is 16.1. The Bertz CT molecular complexity index is 492. The van der Waals surface area contributed by atoms with Crippen LogP contribution >= 0.6 is 0 Å². The molecule has 1 fully saturated rings. The summed E-state index contributed by atoms with van der Waals surface area (Å²) in [6.07, 6.45) is 6.51. The van der Waals surface area contributed by atoms with E-state index in [1.807, 2.05) is 0 Å². The summed E-state index contributed by atoms with van der Waals surface area (Å²) >= 11 is 0. The van der Waals surface area contributed by atoms with Crippen LogP contribution in [-0.4, -0.2) is 22.4 Å². The third kappa shape index (κ3) is 2.39. The minimum Gasteiger partial charge on any atom is -0.389 e. The van der Waals surface area contributed by atoms with Crippen molar-refractivity contribution < 1.29 is 10.2 Å². The molecule has 2 nitrogen and oxygen atoms in total. The van der Waals surface area contributed by atoms with E-state index >= 15 is 0 Å². The van der Waals surface area contributed by atoms with Crippen LogP contribution in [0.25, 0.3) is 0 Å². The minimum atomic E-state index is -0.666. The van der Waals surface area contributed by atoms with E-state index in [4.69, 9.17) is 0 Å². The van der Waals surface area contributed by atoms with Gasteiger partial charge in [0.1, 0.15) is 6.10 Å². The molecule has 0 unspecified atom stereocenters. The Morgan fingerprint density at radius 1 is 1.14 bits per heavy atom. The van der Waals surface area contributed by atoms with Gasteiger partial charge in [-0.25, -0.2) is 0 Å². The molecule has 3 aliphatic rings. The molecule has 6 atom stereocenters. The lowest BCUT2D eigenvalue weighted by Gasteiger charge is -2.47. The van der Waals surface area contributed by atoms with Crippen LogP contribution < -0.4 is 0 Å². The van der Waals surface area contributed by atoms with Gasteiger partial charge in [0.05, 0.1) is 6.10 Å². The fourth-order valence-corrected chi connectivity index (χ4v) is 5.55. The van der Waals surface area contributed by atoms with Gasteiger partial charge < -0.3 is 10.2 Å². The highest BCUT2D eigenvalue weighted by molar-refractivity contribution is 5.33. The molecule has 0 aliphatic heterocycles. The molecule has 0 heterocycles. The molecule has 2 heteroatoms. The molecule has 1 saturated carbocycles. The topological polar surface area (TPSA) is 40.5 Å². The van der Waals surface area contributed by atoms with Crippen molar-refractivity contribution >= 4 is 0 Å². The maximum absolute atomic E-state index is 10.8. The van der Waals surface area contributed by atoms with E-state index in [0.29, 0.717) is 17.8 Å². The van der Waals surface area contributed by atoms with Crippen molar-refractivity contribution in [2.24, 2.45) is 23.2 Å². The summed E-state index contributed by atoms with van der Waals surface area (Å²) in [5.41, 5.74) is 3.69. The van der Waals surface area contributed by atoms with Crippen LogP contribution in [0.4, 0.5) is 0 Å². The van der Waals surface area contributed by atoms with E-state index in [1.54, 1.807) is 0 Å². The molecular formula is C20H32O2. The molecule has 2 N–H and O–H groups in total. The first-order valence-electron chi connectivity index (χ1n) is 9.09. The molecule has 22 heavy (non-hydrogen) atoms. The first-order chi connectivity index (χ1) is 10.4. The Labute approximate surface area is 135 Å². The van der Waals surface area contributed by atoms with Gasteiger partial charge in [0.2, 0.25) is 0 Å². The first kappa shape index (κ1) is 16.3. The molecule has 0 amide bonds. The van der Waals surface area contributed by atoms with Crippen molar-refractivity contribution in [1.82, 2.24) is 0 Å². The van der Waals surface area contributed by atoms with Crippen molar-refractivity contribution in [2.45, 2.75) is 77.9 Å². The maximum Gasteiger partial charge on any atom is 0.102 e. The van der Waals surface area contributed by atoms with Crippen molar-refractivity contribution in [3.63, 3.8) is 0 Å². The van der Waals surface area contributed by atoms with E-state index in [-0.39, 0.29) is 5.41 Å². The zero-order valence-electron chi connectivity index (χ0n) is 14.4. The largest absolute Gasteiger partial charge is 0.389 e. The van der Waals surface area contributed by atoms with Crippen LogP contribution in [0.1, 0.15) is 65.7 Å². The zero-order valence-corrected chi connectivity index (χ0v) is 14.4. The summed E-state index contributed by atoms with van der Waals surface area (Å²) in [7, 11) is 0. The highest BCUT2D eigenvalue weighted by atomic mass is 16.3. The van der Waals surface area contributed by atoms with Gasteiger partial charge in [-0.05, 0) is 68.8 Å². The van der Waals surface area contributed by atoms with Crippen molar-refractivity contribution in [1.29, 1.82) is 0 Å². The molecule has 0 saturated heterocycles. The quantitative estimate of drug-likeness (QED) is 0.658. The Hall–Kier alpha value is -0.600. The molecule has 3 rings (SSSR count). The van der Waals surface area contributed by atoms with E-state index in [1.165, 1.54) is 24.0 Å². The molecule has 0 spiro atoms. The molecule has 0 radical (unpaired) electrons. The number of rotatable bonds is 0. The van der Waals surface area contributed by atoms with Gasteiger partial charge >= 0.3 is 0 Å². The van der Waals surface area contributed by atoms with Gasteiger partial charge in [-0.15, -0.1) is 0 Å². The highest BCUT2D eigenvalue weighted by Crippen LogP contribution is 2.59. The lowest BCUT2D eigenvalue weighted by atomic mass is 9.61. The Kier molecular flexibility index (Phi) is 4.28. The third-order valence-corrected chi connectivity index (χ3v) is 7.04. The summed E-state index contributed by atoms with van der Waals surface area (Å²) in [5, 5.41) is 21.6. The van der Waals surface area contributed by atoms with Gasteiger partial charge in [-0.2, -0.15) is 0 Å².